The Hall–Kier alpha value is -0.0500. The van der Waals surface area contributed by atoms with Gasteiger partial charge in [0.1, 0.15) is 0 Å². The van der Waals surface area contributed by atoms with E-state index in [0.717, 1.165) is 0 Å². The number of rotatable bonds is 4. The van der Waals surface area contributed by atoms with E-state index in [1.807, 2.05) is 0 Å². The first-order valence-corrected chi connectivity index (χ1v) is 4.79. The standard InChI is InChI=1S/C6H15NO2.H2O3S/c1-5(8)3-7-4-6(2)9;1-4(2)3/h5-9H,3-4H2,1-2H3;(H2,1,2,3). The Bertz CT molecular complexity index is 118. The maximum absolute atomic E-state index is 8.72. The van der Waals surface area contributed by atoms with Crippen LogP contribution in [0.2, 0.25) is 0 Å². The van der Waals surface area contributed by atoms with Gasteiger partial charge in [-0.25, -0.2) is 0 Å². The molecular weight excluding hydrogens is 198 g/mol. The van der Waals surface area contributed by atoms with E-state index >= 15 is 0 Å². The molecule has 0 aliphatic rings. The van der Waals surface area contributed by atoms with Crippen molar-refractivity contribution < 1.29 is 23.5 Å². The third-order valence-electron chi connectivity index (χ3n) is 0.879. The monoisotopic (exact) mass is 215 g/mol. The zero-order valence-corrected chi connectivity index (χ0v) is 8.49. The predicted octanol–water partition coefficient (Wildman–Crippen LogP) is -0.981. The molecule has 0 fully saturated rings. The number of hydrogen-bond acceptors (Lipinski definition) is 4. The quantitative estimate of drug-likeness (QED) is 0.385. The summed E-state index contributed by atoms with van der Waals surface area (Å²) in [5.41, 5.74) is 0. The second-order valence-corrected chi connectivity index (χ2v) is 3.05. The molecule has 0 bridgehead atoms. The van der Waals surface area contributed by atoms with E-state index < -0.39 is 11.4 Å². The van der Waals surface area contributed by atoms with Gasteiger partial charge in [0.2, 0.25) is 0 Å². The summed E-state index contributed by atoms with van der Waals surface area (Å²) in [6.45, 7) is 4.50. The van der Waals surface area contributed by atoms with Crippen LogP contribution >= 0.6 is 0 Å². The van der Waals surface area contributed by atoms with E-state index in [9.17, 15) is 0 Å². The Morgan fingerprint density at radius 1 is 1.15 bits per heavy atom. The number of aliphatic hydroxyl groups excluding tert-OH is 2. The van der Waals surface area contributed by atoms with Crippen molar-refractivity contribution in [1.82, 2.24) is 5.32 Å². The molecule has 0 aliphatic carbocycles. The molecule has 2 atom stereocenters. The first kappa shape index (κ1) is 15.4. The fourth-order valence-electron chi connectivity index (χ4n) is 0.501. The van der Waals surface area contributed by atoms with E-state index in [4.69, 9.17) is 23.5 Å². The summed E-state index contributed by atoms with van der Waals surface area (Å²) in [4.78, 5) is 0. The lowest BCUT2D eigenvalue weighted by Gasteiger charge is -2.07. The molecule has 0 heterocycles. The summed E-state index contributed by atoms with van der Waals surface area (Å²) >= 11 is -2.61. The molecule has 2 unspecified atom stereocenters. The Morgan fingerprint density at radius 3 is 1.54 bits per heavy atom. The Morgan fingerprint density at radius 2 is 1.38 bits per heavy atom. The fourth-order valence-corrected chi connectivity index (χ4v) is 0.501. The van der Waals surface area contributed by atoms with Crippen LogP contribution in [-0.2, 0) is 11.4 Å². The maximum Gasteiger partial charge on any atom is 0.299 e. The van der Waals surface area contributed by atoms with Crippen LogP contribution in [0, 0.1) is 0 Å². The van der Waals surface area contributed by atoms with Gasteiger partial charge in [-0.2, -0.15) is 4.21 Å². The van der Waals surface area contributed by atoms with Gasteiger partial charge in [0.15, 0.2) is 0 Å². The number of aliphatic hydroxyl groups is 2. The summed E-state index contributed by atoms with van der Waals surface area (Å²) in [6, 6.07) is 0. The Labute approximate surface area is 80.1 Å². The lowest BCUT2D eigenvalue weighted by Crippen LogP contribution is -2.30. The minimum Gasteiger partial charge on any atom is -0.392 e. The SMILES string of the molecule is CC(O)CNCC(C)O.O=S(O)O. The van der Waals surface area contributed by atoms with E-state index in [0.29, 0.717) is 13.1 Å². The third-order valence-corrected chi connectivity index (χ3v) is 0.879. The van der Waals surface area contributed by atoms with Crippen LogP contribution in [0.1, 0.15) is 13.8 Å². The smallest absolute Gasteiger partial charge is 0.299 e. The maximum atomic E-state index is 8.72. The van der Waals surface area contributed by atoms with Crippen molar-refractivity contribution >= 4 is 11.4 Å². The molecule has 0 aromatic carbocycles. The molecular formula is C6H17NO5S. The lowest BCUT2D eigenvalue weighted by atomic mass is 10.3. The van der Waals surface area contributed by atoms with Crippen LogP contribution in [-0.4, -0.2) is 48.8 Å². The fraction of sp³-hybridized carbons (Fsp3) is 1.00. The van der Waals surface area contributed by atoms with E-state index in [-0.39, 0.29) is 12.2 Å². The van der Waals surface area contributed by atoms with Crippen molar-refractivity contribution in [3.05, 3.63) is 0 Å². The van der Waals surface area contributed by atoms with Crippen molar-refractivity contribution in [2.45, 2.75) is 26.1 Å². The molecule has 0 aromatic heterocycles. The van der Waals surface area contributed by atoms with E-state index in [1.165, 1.54) is 0 Å². The predicted molar refractivity (Wildman–Crippen MR) is 49.6 cm³/mol. The molecule has 0 radical (unpaired) electrons. The van der Waals surface area contributed by atoms with E-state index in [2.05, 4.69) is 5.32 Å². The molecule has 0 aromatic rings. The van der Waals surface area contributed by atoms with Gasteiger partial charge < -0.3 is 15.5 Å². The second kappa shape index (κ2) is 10.0. The van der Waals surface area contributed by atoms with Gasteiger partial charge in [-0.1, -0.05) is 0 Å². The van der Waals surface area contributed by atoms with Crippen LogP contribution < -0.4 is 5.32 Å². The minimum atomic E-state index is -2.61. The molecule has 0 rings (SSSR count). The molecule has 5 N–H and O–H groups in total. The van der Waals surface area contributed by atoms with Gasteiger partial charge in [0.25, 0.3) is 11.4 Å². The van der Waals surface area contributed by atoms with Crippen LogP contribution in [0.3, 0.4) is 0 Å². The molecule has 0 saturated heterocycles. The van der Waals surface area contributed by atoms with Crippen molar-refractivity contribution in [2.24, 2.45) is 0 Å². The van der Waals surface area contributed by atoms with Crippen LogP contribution in [0.4, 0.5) is 0 Å². The van der Waals surface area contributed by atoms with Gasteiger partial charge in [-0.3, -0.25) is 9.11 Å². The highest BCUT2D eigenvalue weighted by Crippen LogP contribution is 1.77. The summed E-state index contributed by atoms with van der Waals surface area (Å²) in [5.74, 6) is 0. The van der Waals surface area contributed by atoms with Gasteiger partial charge in [0.05, 0.1) is 12.2 Å². The third kappa shape index (κ3) is 33.4. The summed E-state index contributed by atoms with van der Waals surface area (Å²) in [7, 11) is 0. The van der Waals surface area contributed by atoms with Crippen molar-refractivity contribution in [3.63, 3.8) is 0 Å². The van der Waals surface area contributed by atoms with Gasteiger partial charge >= 0.3 is 0 Å². The van der Waals surface area contributed by atoms with Gasteiger partial charge in [-0.15, -0.1) is 0 Å². The van der Waals surface area contributed by atoms with Gasteiger partial charge in [0, 0.05) is 13.1 Å². The number of nitrogens with one attached hydrogen (secondary N) is 1. The Kier molecular flexibility index (Phi) is 11.9. The van der Waals surface area contributed by atoms with E-state index in [1.54, 1.807) is 13.8 Å². The van der Waals surface area contributed by atoms with Crippen LogP contribution in [0.5, 0.6) is 0 Å². The second-order valence-electron chi connectivity index (χ2n) is 2.59. The average Bonchev–Trinajstić information content (AvgIpc) is 1.83. The molecule has 82 valence electrons. The largest absolute Gasteiger partial charge is 0.392 e. The highest BCUT2D eigenvalue weighted by Gasteiger charge is 1.96. The molecule has 7 heteroatoms. The molecule has 0 saturated carbocycles. The van der Waals surface area contributed by atoms with Crippen molar-refractivity contribution in [2.75, 3.05) is 13.1 Å². The Balaban J connectivity index is 0. The molecule has 0 amide bonds. The molecule has 6 nitrogen and oxygen atoms in total. The van der Waals surface area contributed by atoms with Crippen LogP contribution in [0.15, 0.2) is 0 Å². The molecule has 0 aliphatic heterocycles. The van der Waals surface area contributed by atoms with Crippen molar-refractivity contribution in [1.29, 1.82) is 0 Å². The highest BCUT2D eigenvalue weighted by molar-refractivity contribution is 7.73. The zero-order valence-electron chi connectivity index (χ0n) is 7.67. The summed E-state index contributed by atoms with van der Waals surface area (Å²) in [6.07, 6.45) is -0.660. The lowest BCUT2D eigenvalue weighted by molar-refractivity contribution is 0.164. The zero-order chi connectivity index (χ0) is 10.9. The highest BCUT2D eigenvalue weighted by atomic mass is 32.2. The minimum absolute atomic E-state index is 0.330. The van der Waals surface area contributed by atoms with Crippen molar-refractivity contribution in [3.8, 4) is 0 Å². The molecule has 13 heavy (non-hydrogen) atoms. The topological polar surface area (TPSA) is 110 Å². The van der Waals surface area contributed by atoms with Gasteiger partial charge in [-0.05, 0) is 13.8 Å². The average molecular weight is 215 g/mol. The van der Waals surface area contributed by atoms with Crippen LogP contribution in [0.25, 0.3) is 0 Å². The normalized spacial score (nSPS) is 14.7. The first-order valence-electron chi connectivity index (χ1n) is 3.73. The first-order chi connectivity index (χ1) is 5.86. The summed E-state index contributed by atoms with van der Waals surface area (Å²) in [5, 5.41) is 20.3. The summed E-state index contributed by atoms with van der Waals surface area (Å²) < 4.78 is 22.8. The number of hydrogen-bond donors (Lipinski definition) is 5. The molecule has 0 spiro atoms.